The van der Waals surface area contributed by atoms with Gasteiger partial charge in [0.25, 0.3) is 0 Å². The smallest absolute Gasteiger partial charge is 0.243 e. The maximum Gasteiger partial charge on any atom is 0.243 e. The van der Waals surface area contributed by atoms with E-state index in [0.717, 1.165) is 6.54 Å². The Kier molecular flexibility index (Phi) is 2.65. The van der Waals surface area contributed by atoms with Gasteiger partial charge >= 0.3 is 0 Å². The van der Waals surface area contributed by atoms with Crippen LogP contribution in [0.1, 0.15) is 18.2 Å². The first-order valence-corrected chi connectivity index (χ1v) is 5.99. The third-order valence-electron chi connectivity index (χ3n) is 3.20. The van der Waals surface area contributed by atoms with Crippen LogP contribution >= 0.6 is 11.3 Å². The second kappa shape index (κ2) is 3.81. The second-order valence-electron chi connectivity index (χ2n) is 4.25. The number of carbonyl (C=O) groups is 1. The molecule has 80 valence electrons. The minimum absolute atomic E-state index is 0.0737. The Bertz CT molecular complexity index is 371. The summed E-state index contributed by atoms with van der Waals surface area (Å²) in [4.78, 5) is 12.4. The van der Waals surface area contributed by atoms with Gasteiger partial charge in [-0.25, -0.2) is 0 Å². The van der Waals surface area contributed by atoms with Crippen LogP contribution in [0.2, 0.25) is 0 Å². The molecule has 2 rings (SSSR count). The quantitative estimate of drug-likeness (QED) is 0.777. The lowest BCUT2D eigenvalue weighted by Gasteiger charge is -2.08. The minimum atomic E-state index is -0.0737. The molecule has 0 radical (unpaired) electrons. The molecule has 1 amide bonds. The van der Waals surface area contributed by atoms with Crippen molar-refractivity contribution >= 4 is 17.2 Å². The largest absolute Gasteiger partial charge is 0.352 e. The number of hydrogen-bond donors (Lipinski definition) is 1. The van der Waals surface area contributed by atoms with E-state index in [2.05, 4.69) is 36.3 Å². The van der Waals surface area contributed by atoms with Gasteiger partial charge in [-0.05, 0) is 29.9 Å². The standard InChI is InChI=1S/C12H15NOS/c1-3-11(14)13-8-9-7-12(9,2)10-5-4-6-15-10/h3-6,9H,1,7-8H2,2H3,(H,13,14)/t9-,12-/m0/s1. The van der Waals surface area contributed by atoms with Gasteiger partial charge in [0, 0.05) is 16.8 Å². The van der Waals surface area contributed by atoms with E-state index in [0.29, 0.717) is 11.3 Å². The average molecular weight is 221 g/mol. The van der Waals surface area contributed by atoms with E-state index in [9.17, 15) is 4.79 Å². The molecular formula is C12H15NOS. The maximum absolute atomic E-state index is 11.0. The fourth-order valence-corrected chi connectivity index (χ4v) is 2.93. The van der Waals surface area contributed by atoms with Crippen molar-refractivity contribution in [3.05, 3.63) is 35.0 Å². The molecular weight excluding hydrogens is 206 g/mol. The number of rotatable bonds is 4. The fourth-order valence-electron chi connectivity index (χ4n) is 1.95. The summed E-state index contributed by atoms with van der Waals surface area (Å²) in [6.45, 7) is 6.47. The summed E-state index contributed by atoms with van der Waals surface area (Å²) in [5, 5.41) is 4.97. The van der Waals surface area contributed by atoms with Crippen molar-refractivity contribution in [2.75, 3.05) is 6.54 Å². The first-order chi connectivity index (χ1) is 7.16. The lowest BCUT2D eigenvalue weighted by molar-refractivity contribution is -0.116. The topological polar surface area (TPSA) is 29.1 Å². The Morgan fingerprint density at radius 1 is 1.87 bits per heavy atom. The van der Waals surface area contributed by atoms with Crippen molar-refractivity contribution < 1.29 is 4.79 Å². The van der Waals surface area contributed by atoms with Gasteiger partial charge in [-0.3, -0.25) is 4.79 Å². The molecule has 0 aromatic carbocycles. The predicted molar refractivity (Wildman–Crippen MR) is 63.0 cm³/mol. The normalized spacial score (nSPS) is 28.5. The molecule has 1 aromatic heterocycles. The summed E-state index contributed by atoms with van der Waals surface area (Å²) in [5.74, 6) is 0.510. The zero-order chi connectivity index (χ0) is 10.9. The van der Waals surface area contributed by atoms with Crippen LogP contribution in [0.25, 0.3) is 0 Å². The van der Waals surface area contributed by atoms with Crippen molar-refractivity contribution in [1.82, 2.24) is 5.32 Å². The van der Waals surface area contributed by atoms with E-state index in [1.165, 1.54) is 17.4 Å². The minimum Gasteiger partial charge on any atom is -0.352 e. The molecule has 2 nitrogen and oxygen atoms in total. The van der Waals surface area contributed by atoms with Crippen LogP contribution in [0.4, 0.5) is 0 Å². The lowest BCUT2D eigenvalue weighted by Crippen LogP contribution is -2.25. The monoisotopic (exact) mass is 221 g/mol. The van der Waals surface area contributed by atoms with Crippen LogP contribution in [-0.4, -0.2) is 12.5 Å². The molecule has 3 heteroatoms. The van der Waals surface area contributed by atoms with Crippen molar-refractivity contribution in [3.63, 3.8) is 0 Å². The van der Waals surface area contributed by atoms with Gasteiger partial charge in [0.05, 0.1) is 0 Å². The molecule has 0 bridgehead atoms. The van der Waals surface area contributed by atoms with Gasteiger partial charge in [0.15, 0.2) is 0 Å². The molecule has 1 aliphatic rings. The average Bonchev–Trinajstić information content (AvgIpc) is 2.72. The van der Waals surface area contributed by atoms with E-state index in [1.807, 2.05) is 0 Å². The van der Waals surface area contributed by atoms with Crippen LogP contribution < -0.4 is 5.32 Å². The molecule has 1 fully saturated rings. The third-order valence-corrected chi connectivity index (χ3v) is 4.35. The molecule has 0 saturated heterocycles. The highest BCUT2D eigenvalue weighted by Gasteiger charge is 2.51. The Morgan fingerprint density at radius 3 is 3.27 bits per heavy atom. The summed E-state index contributed by atoms with van der Waals surface area (Å²) in [7, 11) is 0. The molecule has 0 spiro atoms. The first-order valence-electron chi connectivity index (χ1n) is 5.11. The first kappa shape index (κ1) is 10.4. The molecule has 1 heterocycles. The predicted octanol–water partition coefficient (Wildman–Crippen LogP) is 2.33. The van der Waals surface area contributed by atoms with Gasteiger partial charge < -0.3 is 5.32 Å². The lowest BCUT2D eigenvalue weighted by atomic mass is 10.0. The highest BCUT2D eigenvalue weighted by Crippen LogP contribution is 2.54. The molecule has 2 atom stereocenters. The molecule has 0 unspecified atom stereocenters. The number of thiophene rings is 1. The highest BCUT2D eigenvalue weighted by atomic mass is 32.1. The van der Waals surface area contributed by atoms with E-state index < -0.39 is 0 Å². The summed E-state index contributed by atoms with van der Waals surface area (Å²) in [6, 6.07) is 4.27. The Hall–Kier alpha value is -1.09. The summed E-state index contributed by atoms with van der Waals surface area (Å²) < 4.78 is 0. The zero-order valence-electron chi connectivity index (χ0n) is 8.82. The maximum atomic E-state index is 11.0. The van der Waals surface area contributed by atoms with Crippen molar-refractivity contribution in [3.8, 4) is 0 Å². The van der Waals surface area contributed by atoms with E-state index in [-0.39, 0.29) is 5.91 Å². The summed E-state index contributed by atoms with van der Waals surface area (Å²) in [6.07, 6.45) is 2.50. The van der Waals surface area contributed by atoms with Crippen LogP contribution in [0.3, 0.4) is 0 Å². The van der Waals surface area contributed by atoms with Crippen LogP contribution in [0.15, 0.2) is 30.2 Å². The SMILES string of the molecule is C=CC(=O)NC[C@@H]1C[C@]1(C)c1cccs1. The number of carbonyl (C=O) groups excluding carboxylic acids is 1. The van der Waals surface area contributed by atoms with E-state index in [1.54, 1.807) is 11.3 Å². The van der Waals surface area contributed by atoms with Crippen LogP contribution in [-0.2, 0) is 10.2 Å². The third kappa shape index (κ3) is 1.97. The van der Waals surface area contributed by atoms with Gasteiger partial charge in [0.2, 0.25) is 5.91 Å². The summed E-state index contributed by atoms with van der Waals surface area (Å²) >= 11 is 1.80. The number of hydrogen-bond acceptors (Lipinski definition) is 2. The van der Waals surface area contributed by atoms with Crippen LogP contribution in [0, 0.1) is 5.92 Å². The van der Waals surface area contributed by atoms with Gasteiger partial charge in [-0.2, -0.15) is 0 Å². The zero-order valence-corrected chi connectivity index (χ0v) is 9.64. The van der Waals surface area contributed by atoms with Gasteiger partial charge in [-0.15, -0.1) is 11.3 Å². The van der Waals surface area contributed by atoms with Gasteiger partial charge in [0.1, 0.15) is 0 Å². The van der Waals surface area contributed by atoms with Crippen molar-refractivity contribution in [2.24, 2.45) is 5.92 Å². The Labute approximate surface area is 94.0 Å². The van der Waals surface area contributed by atoms with Gasteiger partial charge in [-0.1, -0.05) is 19.6 Å². The van der Waals surface area contributed by atoms with Crippen LogP contribution in [0.5, 0.6) is 0 Å². The molecule has 0 aliphatic heterocycles. The Balaban J connectivity index is 1.90. The highest BCUT2D eigenvalue weighted by molar-refractivity contribution is 7.10. The van der Waals surface area contributed by atoms with E-state index in [4.69, 9.17) is 0 Å². The van der Waals surface area contributed by atoms with E-state index >= 15 is 0 Å². The summed E-state index contributed by atoms with van der Waals surface area (Å²) in [5.41, 5.74) is 0.294. The number of amides is 1. The molecule has 15 heavy (non-hydrogen) atoms. The molecule has 1 aromatic rings. The van der Waals surface area contributed by atoms with Crippen molar-refractivity contribution in [1.29, 1.82) is 0 Å². The fraction of sp³-hybridized carbons (Fsp3) is 0.417. The number of nitrogens with one attached hydrogen (secondary N) is 1. The second-order valence-corrected chi connectivity index (χ2v) is 5.19. The molecule has 1 aliphatic carbocycles. The molecule has 1 saturated carbocycles. The van der Waals surface area contributed by atoms with Crippen molar-refractivity contribution in [2.45, 2.75) is 18.8 Å². The Morgan fingerprint density at radius 2 is 2.67 bits per heavy atom. The molecule has 1 N–H and O–H groups in total.